The summed E-state index contributed by atoms with van der Waals surface area (Å²) in [4.78, 5) is -0.278. The summed E-state index contributed by atoms with van der Waals surface area (Å²) in [5, 5.41) is 6.93. The van der Waals surface area contributed by atoms with Crippen molar-refractivity contribution >= 4 is 79.7 Å². The van der Waals surface area contributed by atoms with Gasteiger partial charge in [0.1, 0.15) is 0 Å². The molecule has 5 N–H and O–H groups in total. The summed E-state index contributed by atoms with van der Waals surface area (Å²) in [6, 6.07) is 1.22. The third-order valence-electron chi connectivity index (χ3n) is 7.05. The molecule has 1 rings (SSSR count). The molecule has 9 heteroatoms. The Labute approximate surface area is 354 Å². The molecule has 0 radical (unpaired) electrons. The van der Waals surface area contributed by atoms with Crippen LogP contribution in [0.3, 0.4) is 0 Å². The van der Waals surface area contributed by atoms with Crippen molar-refractivity contribution in [3.63, 3.8) is 0 Å². The van der Waals surface area contributed by atoms with Gasteiger partial charge in [-0.15, -0.1) is 0 Å². The van der Waals surface area contributed by atoms with Crippen molar-refractivity contribution in [1.29, 1.82) is 0 Å². The van der Waals surface area contributed by atoms with Crippen LogP contribution in [0.15, 0.2) is 24.3 Å². The van der Waals surface area contributed by atoms with E-state index in [1.165, 1.54) is 37.0 Å². The zero-order valence-corrected chi connectivity index (χ0v) is 46.7. The van der Waals surface area contributed by atoms with Crippen molar-refractivity contribution in [2.45, 2.75) is 184 Å². The Kier molecular flexibility index (Phi) is 103. The van der Waals surface area contributed by atoms with Gasteiger partial charge < -0.3 is 16.8 Å². The van der Waals surface area contributed by atoms with E-state index in [2.05, 4.69) is 167 Å². The number of nitrogens with one attached hydrogen (secondary N) is 2. The molecule has 1 aliphatic carbocycles. The van der Waals surface area contributed by atoms with Gasteiger partial charge in [-0.2, -0.15) is 19.8 Å². The van der Waals surface area contributed by atoms with Crippen LogP contribution >= 0.6 is 79.7 Å². The molecule has 0 aromatic heterocycles. The van der Waals surface area contributed by atoms with Crippen LogP contribution < -0.4 is 16.8 Å². The fourth-order valence-corrected chi connectivity index (χ4v) is 3.76. The Balaban J connectivity index is -0.0000000408. The number of rotatable bonds is 11. The molecule has 0 spiro atoms. The predicted octanol–water partition coefficient (Wildman–Crippen LogP) is 16.2. The first-order valence-electron chi connectivity index (χ1n) is 18.0. The minimum atomic E-state index is -0.278. The van der Waals surface area contributed by atoms with Crippen LogP contribution in [0.4, 0.5) is 0 Å². The van der Waals surface area contributed by atoms with E-state index >= 15 is 0 Å². The molecule has 1 fully saturated rings. The summed E-state index contributed by atoms with van der Waals surface area (Å²) in [5.74, 6) is 4.99. The molecule has 48 heavy (non-hydrogen) atoms. The van der Waals surface area contributed by atoms with Crippen LogP contribution in [-0.4, -0.2) is 25.2 Å². The third kappa shape index (κ3) is 70.6. The first-order valence-corrected chi connectivity index (χ1v) is 31.5. The Morgan fingerprint density at radius 2 is 1.00 bits per heavy atom. The van der Waals surface area contributed by atoms with Gasteiger partial charge in [0.05, 0.1) is 0 Å². The average molecular weight is 1100 g/mol. The fraction of sp³-hybridized carbons (Fsp3) is 0.897. The topological polar surface area (TPSA) is 59.1 Å². The van der Waals surface area contributed by atoms with E-state index < -0.39 is 0 Å². The van der Waals surface area contributed by atoms with Gasteiger partial charge in [-0.1, -0.05) is 163 Å². The first-order chi connectivity index (χ1) is 20.5. The maximum atomic E-state index is 3.89. The van der Waals surface area contributed by atoms with Crippen molar-refractivity contribution in [3.8, 4) is 0 Å². The molecule has 306 valence electrons. The molecule has 0 aromatic carbocycles. The van der Waals surface area contributed by atoms with Crippen molar-refractivity contribution in [3.05, 3.63) is 24.3 Å². The quantitative estimate of drug-likeness (QED) is 0.110. The summed E-state index contributed by atoms with van der Waals surface area (Å²) in [6.07, 6.45) is 5.52. The van der Waals surface area contributed by atoms with Gasteiger partial charge in [0.2, 0.25) is 0 Å². The molecule has 0 saturated heterocycles. The molecule has 0 aromatic rings. The summed E-state index contributed by atoms with van der Waals surface area (Å²) >= 11 is 7.39. The van der Waals surface area contributed by atoms with Crippen molar-refractivity contribution < 1.29 is 4.92 Å². The molecule has 0 aliphatic heterocycles. The molecule has 0 bridgehead atoms. The molecule has 1 aliphatic rings. The minimum absolute atomic E-state index is 0. The Bertz CT molecular complexity index is 552. The SMILES string of the molecule is C.C=C(C)C(C)CNC(C)C.C=C(CC)C(C)C.CC.CC.CC.CC.CC(C)NCC(C)C1CCC(C(C)C)C1.N.P.P.[I][V]([I])[I]. The molecule has 1 saturated carbocycles. The van der Waals surface area contributed by atoms with Gasteiger partial charge in [0.25, 0.3) is 0 Å². The molecule has 6 unspecified atom stereocenters. The monoisotopic (exact) mass is 1100 g/mol. The maximum absolute atomic E-state index is 3.89. The Hall–Kier alpha value is 2.99. The van der Waals surface area contributed by atoms with E-state index in [0.29, 0.717) is 23.9 Å². The summed E-state index contributed by atoms with van der Waals surface area (Å²) in [6.45, 7) is 52.7. The van der Waals surface area contributed by atoms with Crippen molar-refractivity contribution in [2.24, 2.45) is 35.5 Å². The van der Waals surface area contributed by atoms with Crippen molar-refractivity contribution in [2.75, 3.05) is 13.1 Å². The number of halogens is 3. The average Bonchev–Trinajstić information content (AvgIpc) is 3.50. The summed E-state index contributed by atoms with van der Waals surface area (Å²) in [5.41, 5.74) is 2.60. The van der Waals surface area contributed by atoms with Crippen LogP contribution in [-0.2, 0) is 4.92 Å². The van der Waals surface area contributed by atoms with Gasteiger partial charge >= 0.3 is 64.9 Å². The van der Waals surface area contributed by atoms with E-state index in [9.17, 15) is 0 Å². The summed E-state index contributed by atoms with van der Waals surface area (Å²) < 4.78 is 0. The van der Waals surface area contributed by atoms with E-state index in [0.717, 1.165) is 36.6 Å². The van der Waals surface area contributed by atoms with E-state index in [4.69, 9.17) is 0 Å². The van der Waals surface area contributed by atoms with Gasteiger partial charge in [-0.25, -0.2) is 0 Å². The van der Waals surface area contributed by atoms with Gasteiger partial charge in [-0.3, -0.25) is 0 Å². The second-order valence-corrected chi connectivity index (χ2v) is 47.2. The normalized spacial score (nSPS) is 14.6. The Morgan fingerprint density at radius 3 is 1.21 bits per heavy atom. The zero-order valence-electron chi connectivity index (χ0n) is 36.0. The number of allylic oxidation sites excluding steroid dienone is 1. The molecule has 0 amide bonds. The molecule has 3 nitrogen and oxygen atoms in total. The van der Waals surface area contributed by atoms with Gasteiger partial charge in [-0.05, 0) is 74.7 Å². The van der Waals surface area contributed by atoms with Gasteiger partial charge in [0.15, 0.2) is 0 Å². The molecule has 6 atom stereocenters. The van der Waals surface area contributed by atoms with E-state index in [1.54, 1.807) is 0 Å². The van der Waals surface area contributed by atoms with E-state index in [-0.39, 0.29) is 38.3 Å². The van der Waals surface area contributed by atoms with Crippen LogP contribution in [0.5, 0.6) is 0 Å². The summed E-state index contributed by atoms with van der Waals surface area (Å²) in [7, 11) is 0. The second kappa shape index (κ2) is 62.0. The number of hydrogen-bond acceptors (Lipinski definition) is 3. The van der Waals surface area contributed by atoms with Crippen molar-refractivity contribution in [1.82, 2.24) is 16.8 Å². The van der Waals surface area contributed by atoms with E-state index in [1.807, 2.05) is 55.4 Å². The second-order valence-electron chi connectivity index (χ2n) is 11.8. The van der Waals surface area contributed by atoms with Gasteiger partial charge in [0, 0.05) is 18.6 Å². The molecule has 0 heterocycles. The Morgan fingerprint density at radius 1 is 0.688 bits per heavy atom. The first kappa shape index (κ1) is 79.7. The van der Waals surface area contributed by atoms with Crippen LogP contribution in [0.1, 0.15) is 172 Å². The standard InChI is InChI=1S/C14H29N.C9H19N.C7H14.4C2H6.CH4.3HI.H3N.2H3P.V/c1-10(2)13-6-7-14(8-13)12(5)9-15-11(3)4;1-7(2)9(5)6-10-8(3)4;1-5-7(4)6(2)3;4*1-2;;;;;;;;/h10-15H,6-9H2,1-5H3;8-10H,1,6H2,2-5H3;6H,4-5H2,1-3H3;4*1-2H3;1H4;3*1H;3*1H3;/q;;;;;;;;;;;;;;+3/p-3. The third-order valence-corrected chi connectivity index (χ3v) is 7.05. The molecular weight excluding hydrogens is 1000 g/mol. The molecular formula is C39H99I3N3P2V. The fourth-order valence-electron chi connectivity index (χ4n) is 3.76. The van der Waals surface area contributed by atoms with Crippen LogP contribution in [0, 0.1) is 35.5 Å². The van der Waals surface area contributed by atoms with Crippen LogP contribution in [0.25, 0.3) is 0 Å². The zero-order chi connectivity index (χ0) is 37.0. The number of hydrogen-bond donors (Lipinski definition) is 3. The van der Waals surface area contributed by atoms with Crippen LogP contribution in [0.2, 0.25) is 0 Å². The predicted molar refractivity (Wildman–Crippen MR) is 271 cm³/mol.